The summed E-state index contributed by atoms with van der Waals surface area (Å²) in [5, 5.41) is 18.6. The lowest BCUT2D eigenvalue weighted by Gasteiger charge is -1.93. The van der Waals surface area contributed by atoms with E-state index in [0.717, 1.165) is 0 Å². The Balaban J connectivity index is 1.66. The van der Waals surface area contributed by atoms with Crippen molar-refractivity contribution in [1.82, 2.24) is 19.6 Å². The van der Waals surface area contributed by atoms with Gasteiger partial charge in [-0.1, -0.05) is 11.6 Å². The minimum atomic E-state index is -0.652. The van der Waals surface area contributed by atoms with Gasteiger partial charge in [0.2, 0.25) is 5.78 Å². The molecule has 0 aliphatic carbocycles. The maximum atomic E-state index is 12.1. The summed E-state index contributed by atoms with van der Waals surface area (Å²) in [6.07, 6.45) is 6.00. The monoisotopic (exact) mass is 375 g/mol. The smallest absolute Gasteiger partial charge is 0.408 e. The Hall–Kier alpha value is -3.20. The molecule has 0 spiro atoms. The van der Waals surface area contributed by atoms with Crippen LogP contribution in [0.1, 0.15) is 28.9 Å². The average molecular weight is 376 g/mol. The van der Waals surface area contributed by atoms with Crippen molar-refractivity contribution in [2.75, 3.05) is 0 Å². The maximum absolute atomic E-state index is 12.1. The molecular formula is C16H14ClN5O4. The summed E-state index contributed by atoms with van der Waals surface area (Å²) in [6, 6.07) is 5.03. The number of furan rings is 1. The number of hydrogen-bond acceptors (Lipinski definition) is 6. The predicted molar refractivity (Wildman–Crippen MR) is 93.0 cm³/mol. The molecule has 134 valence electrons. The molecule has 3 rings (SSSR count). The lowest BCUT2D eigenvalue weighted by atomic mass is 10.2. The maximum Gasteiger partial charge on any atom is 0.408 e. The van der Waals surface area contributed by atoms with Crippen LogP contribution in [-0.2, 0) is 13.1 Å². The molecule has 0 fully saturated rings. The number of ketones is 1. The van der Waals surface area contributed by atoms with Crippen LogP contribution in [-0.4, -0.2) is 30.3 Å². The number of rotatable bonds is 7. The number of allylic oxidation sites excluding steroid dienone is 1. The molecule has 0 aliphatic rings. The van der Waals surface area contributed by atoms with E-state index in [-0.39, 0.29) is 17.4 Å². The molecule has 0 saturated heterocycles. The van der Waals surface area contributed by atoms with Gasteiger partial charge in [0.15, 0.2) is 5.02 Å². The molecule has 0 saturated carbocycles. The Morgan fingerprint density at radius 3 is 2.81 bits per heavy atom. The molecule has 0 radical (unpaired) electrons. The van der Waals surface area contributed by atoms with E-state index in [0.29, 0.717) is 23.8 Å². The van der Waals surface area contributed by atoms with E-state index in [9.17, 15) is 14.9 Å². The fraction of sp³-hybridized carbons (Fsp3) is 0.188. The van der Waals surface area contributed by atoms with E-state index >= 15 is 0 Å². The minimum absolute atomic E-state index is 0.0428. The first-order valence-electron chi connectivity index (χ1n) is 7.68. The lowest BCUT2D eigenvalue weighted by Crippen LogP contribution is -2.00. The van der Waals surface area contributed by atoms with Crippen LogP contribution in [0.3, 0.4) is 0 Å². The van der Waals surface area contributed by atoms with E-state index in [1.54, 1.807) is 29.1 Å². The molecule has 9 nitrogen and oxygen atoms in total. The Morgan fingerprint density at radius 1 is 1.35 bits per heavy atom. The van der Waals surface area contributed by atoms with Crippen LogP contribution in [0.15, 0.2) is 41.1 Å². The van der Waals surface area contributed by atoms with Crippen molar-refractivity contribution in [2.45, 2.75) is 20.0 Å². The molecule has 26 heavy (non-hydrogen) atoms. The number of aromatic nitrogens is 4. The highest BCUT2D eigenvalue weighted by Gasteiger charge is 2.19. The van der Waals surface area contributed by atoms with Gasteiger partial charge in [-0.15, -0.1) is 0 Å². The standard InChI is InChI=1S/C16H14ClN5O4/c1-2-20-8-7-14(18-20)15(23)6-5-11-3-4-12(26-11)9-21-10-13(17)16(19-21)22(24)25/h3-8,10H,2,9H2,1H3/b6-5+. The van der Waals surface area contributed by atoms with Crippen molar-refractivity contribution in [3.8, 4) is 0 Å². The van der Waals surface area contributed by atoms with E-state index in [1.807, 2.05) is 6.92 Å². The number of hydrogen-bond donors (Lipinski definition) is 0. The third-order valence-electron chi connectivity index (χ3n) is 3.49. The van der Waals surface area contributed by atoms with Gasteiger partial charge in [0.05, 0.1) is 11.3 Å². The summed E-state index contributed by atoms with van der Waals surface area (Å²) >= 11 is 5.75. The number of carbonyl (C=O) groups excluding carboxylic acids is 1. The first-order valence-corrected chi connectivity index (χ1v) is 8.06. The third kappa shape index (κ3) is 3.89. The van der Waals surface area contributed by atoms with Gasteiger partial charge >= 0.3 is 5.82 Å². The Morgan fingerprint density at radius 2 is 2.15 bits per heavy atom. The zero-order valence-electron chi connectivity index (χ0n) is 13.7. The van der Waals surface area contributed by atoms with Crippen LogP contribution in [0.4, 0.5) is 5.82 Å². The zero-order valence-corrected chi connectivity index (χ0v) is 14.5. The van der Waals surface area contributed by atoms with Crippen molar-refractivity contribution < 1.29 is 14.1 Å². The van der Waals surface area contributed by atoms with E-state index in [2.05, 4.69) is 10.2 Å². The fourth-order valence-corrected chi connectivity index (χ4v) is 2.45. The van der Waals surface area contributed by atoms with Crippen molar-refractivity contribution in [3.63, 3.8) is 0 Å². The molecule has 3 heterocycles. The SMILES string of the molecule is CCn1ccc(C(=O)/C=C/c2ccc(Cn3cc(Cl)c([N+](=O)[O-])n3)o2)n1. The van der Waals surface area contributed by atoms with Crippen LogP contribution in [0.25, 0.3) is 6.08 Å². The van der Waals surface area contributed by atoms with Gasteiger partial charge in [0.1, 0.15) is 23.8 Å². The molecule has 0 bridgehead atoms. The lowest BCUT2D eigenvalue weighted by molar-refractivity contribution is -0.389. The molecule has 3 aromatic heterocycles. The van der Waals surface area contributed by atoms with Gasteiger partial charge in [0.25, 0.3) is 0 Å². The minimum Gasteiger partial charge on any atom is -0.460 e. The van der Waals surface area contributed by atoms with Crippen molar-refractivity contribution in [1.29, 1.82) is 0 Å². The van der Waals surface area contributed by atoms with Gasteiger partial charge in [-0.05, 0) is 42.2 Å². The second-order valence-corrected chi connectivity index (χ2v) is 5.72. The topological polar surface area (TPSA) is 109 Å². The van der Waals surface area contributed by atoms with Gasteiger partial charge in [-0.25, -0.2) is 0 Å². The third-order valence-corrected chi connectivity index (χ3v) is 3.76. The quantitative estimate of drug-likeness (QED) is 0.271. The number of halogens is 1. The molecule has 0 aliphatic heterocycles. The summed E-state index contributed by atoms with van der Waals surface area (Å²) < 4.78 is 8.55. The molecule has 0 aromatic carbocycles. The van der Waals surface area contributed by atoms with Gasteiger partial charge in [0, 0.05) is 12.7 Å². The summed E-state index contributed by atoms with van der Waals surface area (Å²) in [7, 11) is 0. The molecule has 10 heteroatoms. The molecule has 0 N–H and O–H groups in total. The number of nitrogens with zero attached hydrogens (tertiary/aromatic N) is 5. The predicted octanol–water partition coefficient (Wildman–Crippen LogP) is 3.20. The highest BCUT2D eigenvalue weighted by Crippen LogP contribution is 2.22. The second kappa shape index (κ2) is 7.36. The average Bonchev–Trinajstić information content (AvgIpc) is 3.32. The van der Waals surface area contributed by atoms with Crippen LogP contribution in [0, 0.1) is 10.1 Å². The fourth-order valence-electron chi connectivity index (χ4n) is 2.23. The van der Waals surface area contributed by atoms with Crippen molar-refractivity contribution in [3.05, 3.63) is 69.0 Å². The molecular weight excluding hydrogens is 362 g/mol. The largest absolute Gasteiger partial charge is 0.460 e. The van der Waals surface area contributed by atoms with Crippen molar-refractivity contribution in [2.24, 2.45) is 0 Å². The second-order valence-electron chi connectivity index (χ2n) is 5.31. The number of nitro groups is 1. The molecule has 0 atom stereocenters. The highest BCUT2D eigenvalue weighted by molar-refractivity contribution is 6.32. The van der Waals surface area contributed by atoms with E-state index in [1.165, 1.54) is 23.0 Å². The van der Waals surface area contributed by atoms with Crippen LogP contribution in [0.5, 0.6) is 0 Å². The Bertz CT molecular complexity index is 985. The molecule has 3 aromatic rings. The van der Waals surface area contributed by atoms with Crippen LogP contribution in [0.2, 0.25) is 5.02 Å². The molecule has 0 amide bonds. The van der Waals surface area contributed by atoms with Crippen LogP contribution >= 0.6 is 11.6 Å². The summed E-state index contributed by atoms with van der Waals surface area (Å²) in [5.41, 5.74) is 0.355. The normalized spacial score (nSPS) is 11.3. The molecule has 0 unspecified atom stereocenters. The number of aryl methyl sites for hydroxylation is 1. The Kier molecular flexibility index (Phi) is 4.99. The first kappa shape index (κ1) is 17.6. The van der Waals surface area contributed by atoms with Gasteiger partial charge in [-0.3, -0.25) is 9.48 Å². The van der Waals surface area contributed by atoms with Crippen LogP contribution < -0.4 is 0 Å². The van der Waals surface area contributed by atoms with Crippen molar-refractivity contribution >= 4 is 29.3 Å². The van der Waals surface area contributed by atoms with E-state index < -0.39 is 10.7 Å². The van der Waals surface area contributed by atoms with Gasteiger partial charge < -0.3 is 14.5 Å². The highest BCUT2D eigenvalue weighted by atomic mass is 35.5. The summed E-state index contributed by atoms with van der Waals surface area (Å²) in [5.74, 6) is 0.345. The summed E-state index contributed by atoms with van der Waals surface area (Å²) in [6.45, 7) is 2.80. The number of carbonyl (C=O) groups is 1. The van der Waals surface area contributed by atoms with E-state index in [4.69, 9.17) is 16.0 Å². The zero-order chi connectivity index (χ0) is 18.7. The Labute approximate surface area is 152 Å². The summed E-state index contributed by atoms with van der Waals surface area (Å²) in [4.78, 5) is 22.2. The van der Waals surface area contributed by atoms with Gasteiger partial charge in [-0.2, -0.15) is 9.78 Å². The first-order chi connectivity index (χ1) is 12.5.